The number of carboxylic acid groups (broad SMARTS) is 2. The average molecular weight is 528 g/mol. The van der Waals surface area contributed by atoms with Gasteiger partial charge in [-0.1, -0.05) is 18.2 Å². The van der Waals surface area contributed by atoms with Crippen LogP contribution in [0.2, 0.25) is 0 Å². The van der Waals surface area contributed by atoms with Gasteiger partial charge in [0.2, 0.25) is 17.7 Å². The van der Waals surface area contributed by atoms with Gasteiger partial charge in [0.1, 0.15) is 18.1 Å². The van der Waals surface area contributed by atoms with Crippen molar-refractivity contribution in [1.29, 1.82) is 0 Å². The molecule has 9 N–H and O–H groups in total. The maximum atomic E-state index is 13.0. The Kier molecular flexibility index (Phi) is 9.16. The van der Waals surface area contributed by atoms with Crippen molar-refractivity contribution in [2.45, 2.75) is 50.4 Å². The van der Waals surface area contributed by atoms with Crippen LogP contribution in [-0.2, 0) is 36.8 Å². The van der Waals surface area contributed by atoms with Crippen LogP contribution in [0.3, 0.4) is 0 Å². The predicted octanol–water partition coefficient (Wildman–Crippen LogP) is -0.963. The summed E-state index contributed by atoms with van der Waals surface area (Å²) >= 11 is 0. The zero-order valence-electron chi connectivity index (χ0n) is 20.4. The SMILES string of the molecule is CC(NC(=O)C(Cc1cnc[nH]1)NC(=O)C(N)Cc1c[nH]c2ccccc12)C(=O)NC(CC(=O)O)C(=O)O. The zero-order chi connectivity index (χ0) is 27.8. The van der Waals surface area contributed by atoms with E-state index >= 15 is 0 Å². The number of carbonyl (C=O) groups excluding carboxylic acids is 3. The summed E-state index contributed by atoms with van der Waals surface area (Å²) in [5.41, 5.74) is 8.40. The Morgan fingerprint density at radius 3 is 2.32 bits per heavy atom. The average Bonchev–Trinajstić information content (AvgIpc) is 3.52. The van der Waals surface area contributed by atoms with Gasteiger partial charge in [-0.3, -0.25) is 19.2 Å². The second-order valence-corrected chi connectivity index (χ2v) is 8.74. The topological polar surface area (TPSA) is 232 Å². The van der Waals surface area contributed by atoms with E-state index in [9.17, 15) is 24.0 Å². The van der Waals surface area contributed by atoms with Gasteiger partial charge in [-0.25, -0.2) is 9.78 Å². The molecule has 2 heterocycles. The van der Waals surface area contributed by atoms with E-state index in [1.807, 2.05) is 24.3 Å². The predicted molar refractivity (Wildman–Crippen MR) is 134 cm³/mol. The number of fused-ring (bicyclic) bond motifs is 1. The summed E-state index contributed by atoms with van der Waals surface area (Å²) in [6.45, 7) is 1.30. The highest BCUT2D eigenvalue weighted by molar-refractivity contribution is 5.95. The Bertz CT molecular complexity index is 1300. The minimum atomic E-state index is -1.68. The third-order valence-corrected chi connectivity index (χ3v) is 5.81. The molecule has 2 aromatic heterocycles. The van der Waals surface area contributed by atoms with Gasteiger partial charge in [-0.05, 0) is 25.0 Å². The summed E-state index contributed by atoms with van der Waals surface area (Å²) in [6, 6.07) is 2.49. The normalized spacial score (nSPS) is 14.2. The second-order valence-electron chi connectivity index (χ2n) is 8.74. The number of carboxylic acids is 2. The molecule has 14 heteroatoms. The molecule has 3 amide bonds. The van der Waals surface area contributed by atoms with Crippen LogP contribution in [0.5, 0.6) is 0 Å². The lowest BCUT2D eigenvalue weighted by Crippen LogP contribution is -2.57. The lowest BCUT2D eigenvalue weighted by molar-refractivity contribution is -0.147. The standard InChI is InChI=1S/C24H29N7O7/c1-12(21(34)31-19(24(37)38)8-20(32)33)29-23(36)18(7-14-10-26-11-28-14)30-22(35)16(25)6-13-9-27-17-5-3-2-4-15(13)17/h2-5,9-12,16,18-19,27H,6-8,25H2,1H3,(H,26,28)(H,29,36)(H,30,35)(H,31,34)(H,32,33)(H,37,38). The lowest BCUT2D eigenvalue weighted by Gasteiger charge is -2.23. The quantitative estimate of drug-likeness (QED) is 0.136. The molecule has 0 aliphatic rings. The number of aromatic nitrogens is 3. The number of nitrogens with one attached hydrogen (secondary N) is 5. The van der Waals surface area contributed by atoms with Gasteiger partial charge in [0.15, 0.2) is 0 Å². The molecule has 202 valence electrons. The molecule has 3 aromatic rings. The molecular weight excluding hydrogens is 498 g/mol. The fraction of sp³-hybridized carbons (Fsp3) is 0.333. The third kappa shape index (κ3) is 7.39. The number of aliphatic carboxylic acids is 2. The number of rotatable bonds is 13. The first kappa shape index (κ1) is 27.9. The zero-order valence-corrected chi connectivity index (χ0v) is 20.4. The number of benzene rings is 1. The van der Waals surface area contributed by atoms with Crippen molar-refractivity contribution in [3.8, 4) is 0 Å². The van der Waals surface area contributed by atoms with Crippen LogP contribution in [0, 0.1) is 0 Å². The van der Waals surface area contributed by atoms with Crippen LogP contribution in [-0.4, -0.2) is 79.0 Å². The number of nitrogens with zero attached hydrogens (tertiary/aromatic N) is 1. The van der Waals surface area contributed by atoms with E-state index in [-0.39, 0.29) is 12.8 Å². The van der Waals surface area contributed by atoms with Crippen molar-refractivity contribution < 1.29 is 34.2 Å². The van der Waals surface area contributed by atoms with Crippen LogP contribution in [0.15, 0.2) is 43.0 Å². The molecule has 0 fully saturated rings. The van der Waals surface area contributed by atoms with Crippen LogP contribution in [0.1, 0.15) is 24.6 Å². The van der Waals surface area contributed by atoms with Gasteiger partial charge in [-0.2, -0.15) is 0 Å². The molecule has 3 rings (SSSR count). The monoisotopic (exact) mass is 527 g/mol. The molecule has 1 aromatic carbocycles. The number of imidazole rings is 1. The molecule has 0 radical (unpaired) electrons. The third-order valence-electron chi connectivity index (χ3n) is 5.81. The summed E-state index contributed by atoms with van der Waals surface area (Å²) in [5, 5.41) is 26.0. The Labute approximate surface area is 216 Å². The molecule has 0 aliphatic carbocycles. The Morgan fingerprint density at radius 2 is 1.66 bits per heavy atom. The van der Waals surface area contributed by atoms with E-state index in [0.29, 0.717) is 5.69 Å². The number of H-pyrrole nitrogens is 2. The molecule has 38 heavy (non-hydrogen) atoms. The molecule has 0 saturated heterocycles. The fourth-order valence-corrected chi connectivity index (χ4v) is 3.79. The largest absolute Gasteiger partial charge is 0.481 e. The molecule has 4 atom stereocenters. The van der Waals surface area contributed by atoms with Gasteiger partial charge >= 0.3 is 11.9 Å². The first-order valence-electron chi connectivity index (χ1n) is 11.7. The molecule has 4 unspecified atom stereocenters. The van der Waals surface area contributed by atoms with E-state index < -0.39 is 60.2 Å². The van der Waals surface area contributed by atoms with Crippen molar-refractivity contribution >= 4 is 40.6 Å². The van der Waals surface area contributed by atoms with E-state index in [4.69, 9.17) is 15.9 Å². The first-order chi connectivity index (χ1) is 18.0. The summed E-state index contributed by atoms with van der Waals surface area (Å²) < 4.78 is 0. The van der Waals surface area contributed by atoms with Crippen molar-refractivity contribution in [3.63, 3.8) is 0 Å². The summed E-state index contributed by atoms with van der Waals surface area (Å²) in [5.74, 6) is -5.19. The molecule has 14 nitrogen and oxygen atoms in total. The summed E-state index contributed by atoms with van der Waals surface area (Å²) in [6.07, 6.45) is 4.00. The van der Waals surface area contributed by atoms with Crippen LogP contribution in [0.25, 0.3) is 10.9 Å². The van der Waals surface area contributed by atoms with Gasteiger partial charge in [0.25, 0.3) is 0 Å². The van der Waals surface area contributed by atoms with E-state index in [0.717, 1.165) is 16.5 Å². The maximum Gasteiger partial charge on any atom is 0.326 e. The first-order valence-corrected chi connectivity index (χ1v) is 11.7. The van der Waals surface area contributed by atoms with Crippen LogP contribution >= 0.6 is 0 Å². The molecule has 0 aliphatic heterocycles. The minimum absolute atomic E-state index is 0.00246. The van der Waals surface area contributed by atoms with Gasteiger partial charge in [0, 0.05) is 35.4 Å². The second kappa shape index (κ2) is 12.5. The van der Waals surface area contributed by atoms with Crippen LogP contribution < -0.4 is 21.7 Å². The summed E-state index contributed by atoms with van der Waals surface area (Å²) in [7, 11) is 0. The van der Waals surface area contributed by atoms with Gasteiger partial charge < -0.3 is 41.9 Å². The highest BCUT2D eigenvalue weighted by atomic mass is 16.4. The molecular formula is C24H29N7O7. The lowest BCUT2D eigenvalue weighted by atomic mass is 10.0. The van der Waals surface area contributed by atoms with Crippen molar-refractivity contribution in [2.75, 3.05) is 0 Å². The number of hydrogen-bond acceptors (Lipinski definition) is 7. The molecule has 0 bridgehead atoms. The Morgan fingerprint density at radius 1 is 0.947 bits per heavy atom. The number of hydrogen-bond donors (Lipinski definition) is 8. The molecule has 0 saturated carbocycles. The van der Waals surface area contributed by atoms with E-state index in [1.54, 1.807) is 6.20 Å². The fourth-order valence-electron chi connectivity index (χ4n) is 3.79. The van der Waals surface area contributed by atoms with Gasteiger partial charge in [0.05, 0.1) is 18.8 Å². The molecule has 0 spiro atoms. The van der Waals surface area contributed by atoms with Crippen molar-refractivity contribution in [1.82, 2.24) is 30.9 Å². The maximum absolute atomic E-state index is 13.0. The van der Waals surface area contributed by atoms with Crippen molar-refractivity contribution in [2.24, 2.45) is 5.73 Å². The number of aromatic amines is 2. The van der Waals surface area contributed by atoms with Crippen molar-refractivity contribution in [3.05, 3.63) is 54.2 Å². The number of para-hydroxylation sites is 1. The Hall–Kier alpha value is -4.72. The number of nitrogens with two attached hydrogens (primary N) is 1. The number of carbonyl (C=O) groups is 5. The van der Waals surface area contributed by atoms with Crippen LogP contribution in [0.4, 0.5) is 0 Å². The van der Waals surface area contributed by atoms with E-state index in [2.05, 4.69) is 30.9 Å². The number of amides is 3. The highest BCUT2D eigenvalue weighted by Crippen LogP contribution is 2.18. The smallest absolute Gasteiger partial charge is 0.326 e. The van der Waals surface area contributed by atoms with E-state index in [1.165, 1.54) is 19.4 Å². The minimum Gasteiger partial charge on any atom is -0.481 e. The van der Waals surface area contributed by atoms with Gasteiger partial charge in [-0.15, -0.1) is 0 Å². The summed E-state index contributed by atoms with van der Waals surface area (Å²) in [4.78, 5) is 70.3. The Balaban J connectivity index is 1.66. The highest BCUT2D eigenvalue weighted by Gasteiger charge is 2.29.